The highest BCUT2D eigenvalue weighted by molar-refractivity contribution is 5.90. The zero-order valence-corrected chi connectivity index (χ0v) is 11.3. The fourth-order valence-electron chi connectivity index (χ4n) is 1.52. The Morgan fingerprint density at radius 1 is 1.35 bits per heavy atom. The summed E-state index contributed by atoms with van der Waals surface area (Å²) in [5.74, 6) is 0.0866. The first kappa shape index (κ1) is 15.9. The van der Waals surface area contributed by atoms with Gasteiger partial charge < -0.3 is 10.6 Å². The van der Waals surface area contributed by atoms with E-state index in [9.17, 15) is 4.79 Å². The van der Waals surface area contributed by atoms with Crippen molar-refractivity contribution in [2.24, 2.45) is 0 Å². The third-order valence-corrected chi connectivity index (χ3v) is 2.45. The van der Waals surface area contributed by atoms with Crippen molar-refractivity contribution in [3.63, 3.8) is 0 Å². The SMILES string of the molecule is CCc1cccc(NC(=O)CCCNC)c1.Cl. The Morgan fingerprint density at radius 3 is 2.76 bits per heavy atom. The number of hydrogen-bond acceptors (Lipinski definition) is 2. The normalized spacial score (nSPS) is 9.53. The van der Waals surface area contributed by atoms with E-state index in [4.69, 9.17) is 0 Å². The maximum absolute atomic E-state index is 11.5. The van der Waals surface area contributed by atoms with Gasteiger partial charge in [0.1, 0.15) is 0 Å². The van der Waals surface area contributed by atoms with Crippen LogP contribution in [0.3, 0.4) is 0 Å². The lowest BCUT2D eigenvalue weighted by atomic mass is 10.1. The topological polar surface area (TPSA) is 41.1 Å². The number of benzene rings is 1. The van der Waals surface area contributed by atoms with E-state index in [1.807, 2.05) is 25.2 Å². The van der Waals surface area contributed by atoms with Gasteiger partial charge in [0.05, 0.1) is 0 Å². The van der Waals surface area contributed by atoms with Crippen molar-refractivity contribution in [3.8, 4) is 0 Å². The van der Waals surface area contributed by atoms with Gasteiger partial charge in [0, 0.05) is 12.1 Å². The summed E-state index contributed by atoms with van der Waals surface area (Å²) < 4.78 is 0. The Hall–Kier alpha value is -1.06. The van der Waals surface area contributed by atoms with Gasteiger partial charge in [0.25, 0.3) is 0 Å². The van der Waals surface area contributed by atoms with Crippen molar-refractivity contribution >= 4 is 24.0 Å². The molecular weight excluding hydrogens is 236 g/mol. The number of carbonyl (C=O) groups excluding carboxylic acids is 1. The van der Waals surface area contributed by atoms with Crippen molar-refractivity contribution in [3.05, 3.63) is 29.8 Å². The third kappa shape index (κ3) is 6.29. The summed E-state index contributed by atoms with van der Waals surface area (Å²) in [5, 5.41) is 5.93. The predicted octanol–water partition coefficient (Wildman–Crippen LogP) is 2.61. The average Bonchev–Trinajstić information content (AvgIpc) is 2.29. The van der Waals surface area contributed by atoms with Gasteiger partial charge in [-0.2, -0.15) is 0 Å². The van der Waals surface area contributed by atoms with Gasteiger partial charge >= 0.3 is 0 Å². The van der Waals surface area contributed by atoms with Crippen LogP contribution in [0.5, 0.6) is 0 Å². The highest BCUT2D eigenvalue weighted by Crippen LogP contribution is 2.11. The molecule has 1 rings (SSSR count). The van der Waals surface area contributed by atoms with Crippen molar-refractivity contribution in [1.82, 2.24) is 5.32 Å². The Bertz CT molecular complexity index is 342. The Balaban J connectivity index is 0.00000256. The number of nitrogens with one attached hydrogen (secondary N) is 2. The van der Waals surface area contributed by atoms with Crippen molar-refractivity contribution in [1.29, 1.82) is 0 Å². The number of rotatable bonds is 6. The number of anilines is 1. The minimum Gasteiger partial charge on any atom is -0.326 e. The molecule has 0 fully saturated rings. The predicted molar refractivity (Wildman–Crippen MR) is 74.9 cm³/mol. The van der Waals surface area contributed by atoms with Crippen LogP contribution in [-0.2, 0) is 11.2 Å². The quantitative estimate of drug-likeness (QED) is 0.769. The molecule has 0 heterocycles. The molecule has 0 spiro atoms. The molecule has 0 saturated heterocycles. The molecule has 0 aliphatic rings. The summed E-state index contributed by atoms with van der Waals surface area (Å²) in [6.45, 7) is 2.98. The highest BCUT2D eigenvalue weighted by Gasteiger charge is 2.01. The van der Waals surface area contributed by atoms with E-state index in [0.29, 0.717) is 6.42 Å². The van der Waals surface area contributed by atoms with Crippen LogP contribution in [0.25, 0.3) is 0 Å². The fraction of sp³-hybridized carbons (Fsp3) is 0.462. The van der Waals surface area contributed by atoms with E-state index in [1.165, 1.54) is 5.56 Å². The minimum atomic E-state index is 0. The minimum absolute atomic E-state index is 0. The number of carbonyl (C=O) groups is 1. The molecule has 17 heavy (non-hydrogen) atoms. The second-order valence-electron chi connectivity index (χ2n) is 3.81. The van der Waals surface area contributed by atoms with Crippen LogP contribution in [-0.4, -0.2) is 19.5 Å². The first-order chi connectivity index (χ1) is 7.76. The van der Waals surface area contributed by atoms with Crippen LogP contribution in [0, 0.1) is 0 Å². The molecule has 0 radical (unpaired) electrons. The summed E-state index contributed by atoms with van der Waals surface area (Å²) in [7, 11) is 1.89. The molecule has 0 atom stereocenters. The summed E-state index contributed by atoms with van der Waals surface area (Å²) in [6.07, 6.45) is 2.43. The maximum Gasteiger partial charge on any atom is 0.224 e. The Morgan fingerprint density at radius 2 is 2.12 bits per heavy atom. The molecule has 1 amide bonds. The van der Waals surface area contributed by atoms with Gasteiger partial charge in [0.15, 0.2) is 0 Å². The summed E-state index contributed by atoms with van der Waals surface area (Å²) in [4.78, 5) is 11.5. The molecule has 0 aromatic heterocycles. The number of halogens is 1. The third-order valence-electron chi connectivity index (χ3n) is 2.45. The van der Waals surface area contributed by atoms with E-state index in [-0.39, 0.29) is 18.3 Å². The smallest absolute Gasteiger partial charge is 0.224 e. The number of hydrogen-bond donors (Lipinski definition) is 2. The van der Waals surface area contributed by atoms with Crippen LogP contribution < -0.4 is 10.6 Å². The maximum atomic E-state index is 11.5. The fourth-order valence-corrected chi connectivity index (χ4v) is 1.52. The molecule has 96 valence electrons. The van der Waals surface area contributed by atoms with E-state index in [1.54, 1.807) is 0 Å². The van der Waals surface area contributed by atoms with Gasteiger partial charge in [-0.1, -0.05) is 19.1 Å². The molecule has 4 heteroatoms. The Kier molecular flexibility index (Phi) is 8.46. The lowest BCUT2D eigenvalue weighted by Crippen LogP contribution is -2.15. The molecule has 0 aliphatic carbocycles. The number of aryl methyl sites for hydroxylation is 1. The lowest BCUT2D eigenvalue weighted by Gasteiger charge is -2.06. The summed E-state index contributed by atoms with van der Waals surface area (Å²) in [5.41, 5.74) is 2.14. The zero-order chi connectivity index (χ0) is 11.8. The molecule has 1 aromatic carbocycles. The van der Waals surface area contributed by atoms with Crippen molar-refractivity contribution < 1.29 is 4.79 Å². The van der Waals surface area contributed by atoms with Gasteiger partial charge in [-0.25, -0.2) is 0 Å². The van der Waals surface area contributed by atoms with Crippen LogP contribution in [0.1, 0.15) is 25.3 Å². The summed E-state index contributed by atoms with van der Waals surface area (Å²) in [6, 6.07) is 7.99. The highest BCUT2D eigenvalue weighted by atomic mass is 35.5. The monoisotopic (exact) mass is 256 g/mol. The molecule has 3 nitrogen and oxygen atoms in total. The van der Waals surface area contributed by atoms with E-state index in [2.05, 4.69) is 23.6 Å². The van der Waals surface area contributed by atoms with Gasteiger partial charge in [-0.15, -0.1) is 12.4 Å². The molecular formula is C13H21ClN2O. The van der Waals surface area contributed by atoms with E-state index >= 15 is 0 Å². The van der Waals surface area contributed by atoms with Gasteiger partial charge in [0.2, 0.25) is 5.91 Å². The molecule has 0 unspecified atom stereocenters. The van der Waals surface area contributed by atoms with Crippen LogP contribution >= 0.6 is 12.4 Å². The summed E-state index contributed by atoms with van der Waals surface area (Å²) >= 11 is 0. The molecule has 0 bridgehead atoms. The standard InChI is InChI=1S/C13H20N2O.ClH/c1-3-11-6-4-7-12(10-11)15-13(16)8-5-9-14-2;/h4,6-7,10,14H,3,5,8-9H2,1-2H3,(H,15,16);1H. The second-order valence-corrected chi connectivity index (χ2v) is 3.81. The number of amides is 1. The van der Waals surface area contributed by atoms with E-state index < -0.39 is 0 Å². The first-order valence-electron chi connectivity index (χ1n) is 5.79. The van der Waals surface area contributed by atoms with Crippen LogP contribution in [0.2, 0.25) is 0 Å². The van der Waals surface area contributed by atoms with E-state index in [0.717, 1.165) is 25.1 Å². The van der Waals surface area contributed by atoms with Crippen LogP contribution in [0.4, 0.5) is 5.69 Å². The van der Waals surface area contributed by atoms with Gasteiger partial charge in [-0.3, -0.25) is 4.79 Å². The molecule has 1 aromatic rings. The average molecular weight is 257 g/mol. The largest absolute Gasteiger partial charge is 0.326 e. The van der Waals surface area contributed by atoms with Gasteiger partial charge in [-0.05, 0) is 44.1 Å². The van der Waals surface area contributed by atoms with Crippen molar-refractivity contribution in [2.75, 3.05) is 18.9 Å². The molecule has 0 saturated carbocycles. The Labute approximate surface area is 109 Å². The molecule has 0 aliphatic heterocycles. The lowest BCUT2D eigenvalue weighted by molar-refractivity contribution is -0.116. The van der Waals surface area contributed by atoms with Crippen LogP contribution in [0.15, 0.2) is 24.3 Å². The van der Waals surface area contributed by atoms with Crippen molar-refractivity contribution in [2.45, 2.75) is 26.2 Å². The molecule has 2 N–H and O–H groups in total. The zero-order valence-electron chi connectivity index (χ0n) is 10.5. The first-order valence-corrected chi connectivity index (χ1v) is 5.79. The second kappa shape index (κ2) is 9.02.